The third-order valence-corrected chi connectivity index (χ3v) is 2.77. The Hall–Kier alpha value is -0.200. The first kappa shape index (κ1) is 11.8. The van der Waals surface area contributed by atoms with Crippen LogP contribution >= 0.6 is 11.8 Å². The first-order chi connectivity index (χ1) is 5.74. The maximum atomic E-state index is 8.68. The smallest absolute Gasteiger partial charge is 0.0952 e. The Balaban J connectivity index is 3.53. The van der Waals surface area contributed by atoms with E-state index in [9.17, 15) is 0 Å². The minimum Gasteiger partial charge on any atom is -0.299 e. The van der Waals surface area contributed by atoms with Crippen LogP contribution in [0, 0.1) is 11.3 Å². The van der Waals surface area contributed by atoms with Crippen LogP contribution in [0.4, 0.5) is 0 Å². The molecule has 0 rings (SSSR count). The molecule has 0 aromatic heterocycles. The lowest BCUT2D eigenvalue weighted by Crippen LogP contribution is -2.36. The van der Waals surface area contributed by atoms with Crippen molar-refractivity contribution in [2.75, 3.05) is 11.5 Å². The van der Waals surface area contributed by atoms with Gasteiger partial charge in [0.15, 0.2) is 0 Å². The van der Waals surface area contributed by atoms with Crippen molar-refractivity contribution in [2.24, 2.45) is 0 Å². The van der Waals surface area contributed by atoms with Gasteiger partial charge in [0.2, 0.25) is 0 Å². The minimum atomic E-state index is 0.0254. The van der Waals surface area contributed by atoms with Crippen molar-refractivity contribution >= 4 is 11.8 Å². The number of nitrogens with one attached hydrogen (secondary N) is 1. The largest absolute Gasteiger partial charge is 0.299 e. The average molecular weight is 186 g/mol. The van der Waals surface area contributed by atoms with Crippen molar-refractivity contribution < 1.29 is 0 Å². The molecule has 0 aliphatic heterocycles. The monoisotopic (exact) mass is 186 g/mol. The van der Waals surface area contributed by atoms with Crippen molar-refractivity contribution in [3.05, 3.63) is 0 Å². The second-order valence-corrected chi connectivity index (χ2v) is 4.14. The van der Waals surface area contributed by atoms with Gasteiger partial charge < -0.3 is 0 Å². The molecular weight excluding hydrogens is 168 g/mol. The molecule has 0 aliphatic carbocycles. The zero-order chi connectivity index (χ0) is 9.40. The van der Waals surface area contributed by atoms with Gasteiger partial charge in [-0.3, -0.25) is 5.32 Å². The lowest BCUT2D eigenvalue weighted by molar-refractivity contribution is 0.525. The summed E-state index contributed by atoms with van der Waals surface area (Å²) in [6, 6.07) is 2.71. The van der Waals surface area contributed by atoms with E-state index in [1.165, 1.54) is 0 Å². The number of nitrogens with zero attached hydrogens (tertiary/aromatic N) is 1. The van der Waals surface area contributed by atoms with E-state index < -0.39 is 0 Å². The van der Waals surface area contributed by atoms with E-state index >= 15 is 0 Å². The summed E-state index contributed by atoms with van der Waals surface area (Å²) >= 11 is 1.91. The van der Waals surface area contributed by atoms with Gasteiger partial charge in [0, 0.05) is 11.8 Å². The molecule has 0 heterocycles. The zero-order valence-corrected chi connectivity index (χ0v) is 8.95. The van der Waals surface area contributed by atoms with Crippen LogP contribution in [0.15, 0.2) is 0 Å². The van der Waals surface area contributed by atoms with Crippen molar-refractivity contribution in [2.45, 2.75) is 39.3 Å². The van der Waals surface area contributed by atoms with Crippen LogP contribution in [-0.4, -0.2) is 23.6 Å². The van der Waals surface area contributed by atoms with E-state index in [1.54, 1.807) is 0 Å². The predicted molar refractivity (Wildman–Crippen MR) is 55.3 cm³/mol. The summed E-state index contributed by atoms with van der Waals surface area (Å²) in [4.78, 5) is 0. The van der Waals surface area contributed by atoms with E-state index in [4.69, 9.17) is 5.26 Å². The maximum Gasteiger partial charge on any atom is 0.0952 e. The van der Waals surface area contributed by atoms with E-state index in [2.05, 4.69) is 25.2 Å². The van der Waals surface area contributed by atoms with Gasteiger partial charge in [-0.15, -0.1) is 0 Å². The van der Waals surface area contributed by atoms with Crippen LogP contribution < -0.4 is 5.32 Å². The fourth-order valence-corrected chi connectivity index (χ4v) is 1.62. The van der Waals surface area contributed by atoms with Gasteiger partial charge in [0.1, 0.15) is 0 Å². The van der Waals surface area contributed by atoms with Gasteiger partial charge >= 0.3 is 0 Å². The normalized spacial score (nSPS) is 15.2. The summed E-state index contributed by atoms with van der Waals surface area (Å²) in [5.41, 5.74) is 0. The van der Waals surface area contributed by atoms with Gasteiger partial charge in [0.25, 0.3) is 0 Å². The summed E-state index contributed by atoms with van der Waals surface area (Å²) in [5, 5.41) is 12.0. The van der Waals surface area contributed by atoms with E-state index in [1.807, 2.05) is 18.7 Å². The number of nitriles is 1. The predicted octanol–water partition coefficient (Wildman–Crippen LogP) is 2.02. The molecule has 0 aromatic rings. The summed E-state index contributed by atoms with van der Waals surface area (Å²) in [6.45, 7) is 6.31. The Bertz CT molecular complexity index is 142. The molecule has 2 unspecified atom stereocenters. The minimum absolute atomic E-state index is 0.0254. The van der Waals surface area contributed by atoms with Crippen LogP contribution in [0.5, 0.6) is 0 Å². The fourth-order valence-electron chi connectivity index (χ4n) is 0.933. The van der Waals surface area contributed by atoms with Gasteiger partial charge in [-0.25, -0.2) is 0 Å². The number of hydrogen-bond acceptors (Lipinski definition) is 3. The first-order valence-electron chi connectivity index (χ1n) is 4.48. The summed E-state index contributed by atoms with van der Waals surface area (Å²) in [7, 11) is 0. The highest BCUT2D eigenvalue weighted by Gasteiger charge is 2.07. The molecule has 0 saturated carbocycles. The Labute approximate surface area is 79.7 Å². The van der Waals surface area contributed by atoms with Gasteiger partial charge in [-0.1, -0.05) is 13.8 Å². The molecule has 2 nitrogen and oxygen atoms in total. The average Bonchev–Trinajstić information content (AvgIpc) is 2.10. The molecule has 0 radical (unpaired) electrons. The number of rotatable bonds is 6. The van der Waals surface area contributed by atoms with Gasteiger partial charge in [-0.2, -0.15) is 17.0 Å². The molecule has 0 bridgehead atoms. The molecule has 0 aromatic carbocycles. The lowest BCUT2D eigenvalue weighted by Gasteiger charge is -2.15. The van der Waals surface area contributed by atoms with Crippen molar-refractivity contribution in [3.63, 3.8) is 0 Å². The molecule has 0 amide bonds. The summed E-state index contributed by atoms with van der Waals surface area (Å²) in [6.07, 6.45) is 0.887. The van der Waals surface area contributed by atoms with E-state index in [0.717, 1.165) is 17.9 Å². The first-order valence-corrected chi connectivity index (χ1v) is 5.63. The molecule has 0 aliphatic rings. The SMILES string of the molecule is CCSCC(C)NC(C#N)CC. The van der Waals surface area contributed by atoms with Crippen molar-refractivity contribution in [3.8, 4) is 6.07 Å². The van der Waals surface area contributed by atoms with Crippen molar-refractivity contribution in [1.29, 1.82) is 5.26 Å². The Morgan fingerprint density at radius 2 is 2.17 bits per heavy atom. The van der Waals surface area contributed by atoms with Crippen LogP contribution in [0.1, 0.15) is 27.2 Å². The van der Waals surface area contributed by atoms with Crippen LogP contribution in [0.2, 0.25) is 0 Å². The second-order valence-electron chi connectivity index (χ2n) is 2.82. The third kappa shape index (κ3) is 5.45. The molecule has 70 valence electrons. The molecule has 0 saturated heterocycles. The molecule has 2 atom stereocenters. The van der Waals surface area contributed by atoms with E-state index in [-0.39, 0.29) is 6.04 Å². The number of hydrogen-bond donors (Lipinski definition) is 1. The molecule has 1 N–H and O–H groups in total. The molecule has 3 heteroatoms. The topological polar surface area (TPSA) is 35.8 Å². The maximum absolute atomic E-state index is 8.68. The third-order valence-electron chi connectivity index (χ3n) is 1.62. The molecule has 0 spiro atoms. The molecular formula is C9H18N2S. The highest BCUT2D eigenvalue weighted by molar-refractivity contribution is 7.99. The quantitative estimate of drug-likeness (QED) is 0.689. The Morgan fingerprint density at radius 3 is 2.58 bits per heavy atom. The highest BCUT2D eigenvalue weighted by atomic mass is 32.2. The second kappa shape index (κ2) is 7.45. The fraction of sp³-hybridized carbons (Fsp3) is 0.889. The summed E-state index contributed by atoms with van der Waals surface area (Å²) < 4.78 is 0. The van der Waals surface area contributed by atoms with Gasteiger partial charge in [0.05, 0.1) is 12.1 Å². The standard InChI is InChI=1S/C9H18N2S/c1-4-9(6-10)11-8(3)7-12-5-2/h8-9,11H,4-5,7H2,1-3H3. The summed E-state index contributed by atoms with van der Waals surface area (Å²) in [5.74, 6) is 2.24. The van der Waals surface area contributed by atoms with Crippen molar-refractivity contribution in [1.82, 2.24) is 5.32 Å². The van der Waals surface area contributed by atoms with E-state index in [0.29, 0.717) is 6.04 Å². The van der Waals surface area contributed by atoms with Crippen LogP contribution in [0.25, 0.3) is 0 Å². The number of thioether (sulfide) groups is 1. The van der Waals surface area contributed by atoms with Gasteiger partial charge in [-0.05, 0) is 19.1 Å². The Kier molecular flexibility index (Phi) is 7.33. The zero-order valence-electron chi connectivity index (χ0n) is 8.13. The highest BCUT2D eigenvalue weighted by Crippen LogP contribution is 2.02. The lowest BCUT2D eigenvalue weighted by atomic mass is 10.2. The van der Waals surface area contributed by atoms with Crippen LogP contribution in [-0.2, 0) is 0 Å². The molecule has 0 fully saturated rings. The molecule has 12 heavy (non-hydrogen) atoms. The van der Waals surface area contributed by atoms with Crippen LogP contribution in [0.3, 0.4) is 0 Å². The Morgan fingerprint density at radius 1 is 1.50 bits per heavy atom.